The van der Waals surface area contributed by atoms with Crippen LogP contribution in [0.4, 0.5) is 4.79 Å². The van der Waals surface area contributed by atoms with Gasteiger partial charge in [-0.15, -0.1) is 11.3 Å². The lowest BCUT2D eigenvalue weighted by molar-refractivity contribution is -0.147. The second kappa shape index (κ2) is 6.43. The molecule has 1 aromatic heterocycles. The summed E-state index contributed by atoms with van der Waals surface area (Å²) in [6, 6.07) is -0.592. The normalized spacial score (nSPS) is 12.9. The summed E-state index contributed by atoms with van der Waals surface area (Å²) in [7, 11) is 0. The van der Waals surface area contributed by atoms with Crippen molar-refractivity contribution in [3.8, 4) is 0 Å². The fourth-order valence-electron chi connectivity index (χ4n) is 2.19. The van der Waals surface area contributed by atoms with Gasteiger partial charge in [-0.1, -0.05) is 0 Å². The van der Waals surface area contributed by atoms with Crippen molar-refractivity contribution < 1.29 is 14.7 Å². The van der Waals surface area contributed by atoms with Crippen LogP contribution in [-0.4, -0.2) is 39.1 Å². The topological polar surface area (TPSA) is 82.5 Å². The number of carbonyl (C=O) groups is 2. The minimum atomic E-state index is -1.25. The molecule has 2 N–H and O–H groups in total. The number of aryl methyl sites for hydroxylation is 2. The maximum Gasteiger partial charge on any atom is 0.329 e. The Bertz CT molecular complexity index is 540. The first-order valence-electron chi connectivity index (χ1n) is 6.86. The number of aliphatic carboxylic acids is 1. The van der Waals surface area contributed by atoms with Crippen molar-refractivity contribution in [2.45, 2.75) is 53.1 Å². The van der Waals surface area contributed by atoms with Crippen molar-refractivity contribution in [3.63, 3.8) is 0 Å². The van der Waals surface area contributed by atoms with E-state index in [4.69, 9.17) is 0 Å². The van der Waals surface area contributed by atoms with Gasteiger partial charge in [-0.3, -0.25) is 0 Å². The van der Waals surface area contributed by atoms with Crippen LogP contribution in [0.15, 0.2) is 0 Å². The third-order valence-electron chi connectivity index (χ3n) is 3.43. The molecule has 6 nitrogen and oxygen atoms in total. The molecule has 0 saturated heterocycles. The summed E-state index contributed by atoms with van der Waals surface area (Å²) in [6.45, 7) is 10.8. The van der Waals surface area contributed by atoms with E-state index in [-0.39, 0.29) is 12.1 Å². The van der Waals surface area contributed by atoms with E-state index in [0.29, 0.717) is 6.54 Å². The molecule has 0 spiro atoms. The minimum absolute atomic E-state index is 0.206. The monoisotopic (exact) mass is 313 g/mol. The molecule has 1 atom stereocenters. The summed E-state index contributed by atoms with van der Waals surface area (Å²) in [5.41, 5.74) is -0.358. The molecular weight excluding hydrogens is 290 g/mol. The van der Waals surface area contributed by atoms with Gasteiger partial charge in [-0.25, -0.2) is 14.6 Å². The number of nitrogens with one attached hydrogen (secondary N) is 1. The van der Waals surface area contributed by atoms with Crippen molar-refractivity contribution in [1.29, 1.82) is 0 Å². The van der Waals surface area contributed by atoms with Crippen molar-refractivity contribution in [2.24, 2.45) is 0 Å². The smallest absolute Gasteiger partial charge is 0.329 e. The van der Waals surface area contributed by atoms with E-state index in [2.05, 4.69) is 10.3 Å². The summed E-state index contributed by atoms with van der Waals surface area (Å²) < 4.78 is 0. The van der Waals surface area contributed by atoms with Crippen LogP contribution >= 0.6 is 11.3 Å². The molecular formula is C14H23N3O3S. The molecule has 0 bridgehead atoms. The molecule has 0 radical (unpaired) electrons. The molecule has 0 fully saturated rings. The van der Waals surface area contributed by atoms with Crippen LogP contribution < -0.4 is 5.32 Å². The Balaban J connectivity index is 2.88. The average Bonchev–Trinajstić information content (AvgIpc) is 2.68. The summed E-state index contributed by atoms with van der Waals surface area (Å²) >= 11 is 1.54. The molecule has 7 heteroatoms. The van der Waals surface area contributed by atoms with Crippen LogP contribution in [0.25, 0.3) is 0 Å². The van der Waals surface area contributed by atoms with Gasteiger partial charge in [-0.05, 0) is 41.5 Å². The number of carboxylic acid groups (broad SMARTS) is 1. The Morgan fingerprint density at radius 1 is 1.43 bits per heavy atom. The summed E-state index contributed by atoms with van der Waals surface area (Å²) in [5.74, 6) is -1.03. The highest BCUT2D eigenvalue weighted by Gasteiger charge is 2.37. The number of likely N-dealkylation sites (N-methyl/N-ethyl adjacent to an activating group) is 1. The number of rotatable bonds is 5. The van der Waals surface area contributed by atoms with Crippen LogP contribution in [0.5, 0.6) is 0 Å². The zero-order valence-electron chi connectivity index (χ0n) is 13.4. The highest BCUT2D eigenvalue weighted by Crippen LogP contribution is 2.25. The lowest BCUT2D eigenvalue weighted by Gasteiger charge is -2.35. The summed E-state index contributed by atoms with van der Waals surface area (Å²) in [4.78, 5) is 30.3. The first-order chi connectivity index (χ1) is 9.61. The van der Waals surface area contributed by atoms with Gasteiger partial charge >= 0.3 is 12.0 Å². The molecule has 118 valence electrons. The number of urea groups is 1. The number of thiazole rings is 1. The quantitative estimate of drug-likeness (QED) is 0.875. The van der Waals surface area contributed by atoms with Crippen molar-refractivity contribution in [3.05, 3.63) is 15.6 Å². The first-order valence-corrected chi connectivity index (χ1v) is 7.68. The van der Waals surface area contributed by atoms with E-state index >= 15 is 0 Å². The fourth-order valence-corrected chi connectivity index (χ4v) is 3.12. The number of hydrogen-bond acceptors (Lipinski definition) is 4. The van der Waals surface area contributed by atoms with Crippen molar-refractivity contribution in [1.82, 2.24) is 15.2 Å². The first kappa shape index (κ1) is 17.4. The number of amides is 2. The number of hydrogen-bond donors (Lipinski definition) is 2. The summed E-state index contributed by atoms with van der Waals surface area (Å²) in [6.07, 6.45) is 0. The largest absolute Gasteiger partial charge is 0.480 e. The predicted octanol–water partition coefficient (Wildman–Crippen LogP) is 2.72. The molecule has 1 unspecified atom stereocenters. The zero-order chi connectivity index (χ0) is 16.4. The Kier molecular flexibility index (Phi) is 5.33. The third kappa shape index (κ3) is 3.72. The number of aromatic nitrogens is 1. The predicted molar refractivity (Wildman–Crippen MR) is 82.6 cm³/mol. The number of nitrogens with zero attached hydrogens (tertiary/aromatic N) is 2. The second-order valence-corrected chi connectivity index (χ2v) is 6.70. The van der Waals surface area contributed by atoms with Crippen LogP contribution in [0.2, 0.25) is 0 Å². The van der Waals surface area contributed by atoms with Crippen molar-refractivity contribution in [2.75, 3.05) is 6.54 Å². The van der Waals surface area contributed by atoms with Crippen LogP contribution in [0.1, 0.15) is 49.3 Å². The highest BCUT2D eigenvalue weighted by atomic mass is 32.1. The van der Waals surface area contributed by atoms with E-state index in [0.717, 1.165) is 15.6 Å². The molecule has 0 saturated carbocycles. The molecule has 0 aliphatic heterocycles. The van der Waals surface area contributed by atoms with Gasteiger partial charge in [0.25, 0.3) is 0 Å². The standard InChI is InChI=1S/C14H23N3O3S/c1-7-17(14(5,6)12(18)19)13(20)16-9(3)11-8(2)15-10(4)21-11/h9H,7H2,1-6H3,(H,16,20)(H,18,19). The van der Waals surface area contributed by atoms with E-state index in [1.54, 1.807) is 6.92 Å². The zero-order valence-corrected chi connectivity index (χ0v) is 14.2. The van der Waals surface area contributed by atoms with E-state index in [1.165, 1.54) is 30.1 Å². The molecule has 1 aromatic rings. The van der Waals surface area contributed by atoms with Gasteiger partial charge < -0.3 is 15.3 Å². The minimum Gasteiger partial charge on any atom is -0.480 e. The molecule has 2 amide bonds. The van der Waals surface area contributed by atoms with Gasteiger partial charge in [0.1, 0.15) is 5.54 Å². The van der Waals surface area contributed by atoms with Gasteiger partial charge in [0.2, 0.25) is 0 Å². The maximum absolute atomic E-state index is 12.4. The van der Waals surface area contributed by atoms with Crippen LogP contribution in [0, 0.1) is 13.8 Å². The van der Waals surface area contributed by atoms with Gasteiger partial charge in [-0.2, -0.15) is 0 Å². The van der Waals surface area contributed by atoms with Gasteiger partial charge in [0, 0.05) is 11.4 Å². The van der Waals surface area contributed by atoms with E-state index < -0.39 is 11.5 Å². The van der Waals surface area contributed by atoms with Gasteiger partial charge in [0.05, 0.1) is 16.7 Å². The Hall–Kier alpha value is -1.63. The lowest BCUT2D eigenvalue weighted by atomic mass is 10.0. The molecule has 21 heavy (non-hydrogen) atoms. The molecule has 1 rings (SSSR count). The molecule has 0 aliphatic rings. The average molecular weight is 313 g/mol. The molecule has 1 heterocycles. The fraction of sp³-hybridized carbons (Fsp3) is 0.643. The van der Waals surface area contributed by atoms with Crippen LogP contribution in [0.3, 0.4) is 0 Å². The molecule has 0 aliphatic carbocycles. The van der Waals surface area contributed by atoms with Crippen LogP contribution in [-0.2, 0) is 4.79 Å². The SMILES string of the molecule is CCN(C(=O)NC(C)c1sc(C)nc1C)C(C)(C)C(=O)O. The molecule has 0 aromatic carbocycles. The third-order valence-corrected chi connectivity index (χ3v) is 4.69. The number of carbonyl (C=O) groups excluding carboxylic acids is 1. The van der Waals surface area contributed by atoms with Crippen molar-refractivity contribution >= 4 is 23.3 Å². The second-order valence-electron chi connectivity index (χ2n) is 5.46. The lowest BCUT2D eigenvalue weighted by Crippen LogP contribution is -2.56. The summed E-state index contributed by atoms with van der Waals surface area (Å²) in [5, 5.41) is 13.1. The van der Waals surface area contributed by atoms with E-state index in [1.807, 2.05) is 20.8 Å². The van der Waals surface area contributed by atoms with E-state index in [9.17, 15) is 14.7 Å². The Labute approximate surface area is 129 Å². The maximum atomic E-state index is 12.4. The van der Waals surface area contributed by atoms with Gasteiger partial charge in [0.15, 0.2) is 0 Å². The Morgan fingerprint density at radius 3 is 2.38 bits per heavy atom. The highest BCUT2D eigenvalue weighted by molar-refractivity contribution is 7.11. The Morgan fingerprint density at radius 2 is 2.00 bits per heavy atom. The number of carboxylic acids is 1.